The average Bonchev–Trinajstić information content (AvgIpc) is 3.19. The maximum Gasteiger partial charge on any atom is 0.343 e. The number of benzene rings is 1. The molecule has 0 unspecified atom stereocenters. The Bertz CT molecular complexity index is 1520. The number of ether oxygens (including phenoxy) is 1. The zero-order valence-electron chi connectivity index (χ0n) is 19.5. The van der Waals surface area contributed by atoms with E-state index >= 15 is 0 Å². The molecule has 2 aliphatic rings. The van der Waals surface area contributed by atoms with Crippen LogP contribution < -0.4 is 10.9 Å². The van der Waals surface area contributed by atoms with Crippen LogP contribution in [-0.4, -0.2) is 37.7 Å². The Kier molecular flexibility index (Phi) is 5.85. The van der Waals surface area contributed by atoms with Gasteiger partial charge in [0, 0.05) is 29.1 Å². The molecule has 0 aliphatic carbocycles. The van der Waals surface area contributed by atoms with Crippen molar-refractivity contribution in [2.75, 3.05) is 0 Å². The minimum absolute atomic E-state index is 0.00397. The largest absolute Gasteiger partial charge is 0.458 e. The summed E-state index contributed by atoms with van der Waals surface area (Å²) in [6.45, 7) is 2.98. The Morgan fingerprint density at radius 3 is 2.78 bits per heavy atom. The van der Waals surface area contributed by atoms with Crippen LogP contribution in [-0.2, 0) is 39.6 Å². The van der Waals surface area contributed by atoms with Gasteiger partial charge in [0.2, 0.25) is 5.91 Å². The first-order valence-electron chi connectivity index (χ1n) is 11.5. The standard InChI is InChI=1S/C25H23ClFN3O6/c1-3-25(35)16-6-20-22-14(9-30(20)23(33)15(16)10-36-24(25)34)13(8-28-21(32)4-11(2)31)12-5-17(26)18(27)7-19(12)29-22/h5-7,11,31,35H,3-4,8-10H2,1-2H3,(H,28,32)/t11-,25+/m1/s1. The monoisotopic (exact) mass is 515 g/mol. The van der Waals surface area contributed by atoms with Gasteiger partial charge < -0.3 is 24.8 Å². The van der Waals surface area contributed by atoms with Crippen molar-refractivity contribution in [1.29, 1.82) is 0 Å². The van der Waals surface area contributed by atoms with Crippen molar-refractivity contribution in [2.24, 2.45) is 0 Å². The van der Waals surface area contributed by atoms with Gasteiger partial charge in [-0.3, -0.25) is 9.59 Å². The van der Waals surface area contributed by atoms with Crippen molar-refractivity contribution < 1.29 is 28.9 Å². The number of esters is 1. The Balaban J connectivity index is 1.72. The van der Waals surface area contributed by atoms with Crippen LogP contribution >= 0.6 is 11.6 Å². The van der Waals surface area contributed by atoms with E-state index in [0.717, 1.165) is 0 Å². The Morgan fingerprint density at radius 1 is 1.33 bits per heavy atom. The average molecular weight is 516 g/mol. The molecule has 5 rings (SSSR count). The molecule has 9 nitrogen and oxygen atoms in total. The fourth-order valence-electron chi connectivity index (χ4n) is 4.89. The van der Waals surface area contributed by atoms with E-state index in [0.29, 0.717) is 27.9 Å². The van der Waals surface area contributed by atoms with E-state index in [1.165, 1.54) is 23.6 Å². The maximum atomic E-state index is 14.4. The van der Waals surface area contributed by atoms with Crippen LogP contribution in [0.1, 0.15) is 48.9 Å². The van der Waals surface area contributed by atoms with Gasteiger partial charge >= 0.3 is 5.97 Å². The third-order valence-corrected chi connectivity index (χ3v) is 7.08. The van der Waals surface area contributed by atoms with E-state index < -0.39 is 29.1 Å². The van der Waals surface area contributed by atoms with Crippen LogP contribution in [0.3, 0.4) is 0 Å². The lowest BCUT2D eigenvalue weighted by Gasteiger charge is -2.31. The second-order valence-corrected chi connectivity index (χ2v) is 9.54. The highest BCUT2D eigenvalue weighted by Gasteiger charge is 2.45. The lowest BCUT2D eigenvalue weighted by molar-refractivity contribution is -0.172. The number of halogens is 2. The van der Waals surface area contributed by atoms with Gasteiger partial charge in [0.05, 0.1) is 46.6 Å². The molecule has 3 N–H and O–H groups in total. The first-order chi connectivity index (χ1) is 17.0. The van der Waals surface area contributed by atoms with E-state index in [2.05, 4.69) is 10.3 Å². The van der Waals surface area contributed by atoms with Gasteiger partial charge in [0.25, 0.3) is 5.56 Å². The highest BCUT2D eigenvalue weighted by molar-refractivity contribution is 6.31. The number of hydrogen-bond donors (Lipinski definition) is 3. The first kappa shape index (κ1) is 24.4. The lowest BCUT2D eigenvalue weighted by atomic mass is 9.86. The summed E-state index contributed by atoms with van der Waals surface area (Å²) in [5.74, 6) is -1.89. The summed E-state index contributed by atoms with van der Waals surface area (Å²) < 4.78 is 20.9. The van der Waals surface area contributed by atoms with Crippen LogP contribution in [0.2, 0.25) is 5.02 Å². The molecule has 11 heteroatoms. The Labute approximate surface area is 209 Å². The third kappa shape index (κ3) is 3.68. The lowest BCUT2D eigenvalue weighted by Crippen LogP contribution is -2.44. The number of nitrogens with one attached hydrogen (secondary N) is 1. The highest BCUT2D eigenvalue weighted by Crippen LogP contribution is 2.40. The summed E-state index contributed by atoms with van der Waals surface area (Å²) in [6, 6.07) is 4.17. The van der Waals surface area contributed by atoms with Crippen LogP contribution in [0.4, 0.5) is 4.39 Å². The zero-order chi connectivity index (χ0) is 25.9. The molecule has 0 saturated heterocycles. The second kappa shape index (κ2) is 8.65. The number of fused-ring (bicyclic) bond motifs is 5. The number of hydrogen-bond acceptors (Lipinski definition) is 7. The molecular formula is C25H23ClFN3O6. The van der Waals surface area contributed by atoms with Crippen LogP contribution in [0.5, 0.6) is 0 Å². The third-order valence-electron chi connectivity index (χ3n) is 6.79. The molecule has 36 heavy (non-hydrogen) atoms. The summed E-state index contributed by atoms with van der Waals surface area (Å²) in [5.41, 5.74) is 0.160. The normalized spacial score (nSPS) is 18.9. The number of carbonyl (C=O) groups is 2. The molecule has 0 saturated carbocycles. The van der Waals surface area contributed by atoms with Crippen molar-refractivity contribution in [1.82, 2.24) is 14.9 Å². The van der Waals surface area contributed by atoms with Gasteiger partial charge in [-0.2, -0.15) is 0 Å². The van der Waals surface area contributed by atoms with Crippen molar-refractivity contribution in [2.45, 2.75) is 58.1 Å². The molecule has 2 aromatic heterocycles. The molecule has 1 amide bonds. The number of carbonyl (C=O) groups excluding carboxylic acids is 2. The summed E-state index contributed by atoms with van der Waals surface area (Å²) in [7, 11) is 0. The Hall–Kier alpha value is -3.34. The van der Waals surface area contributed by atoms with Gasteiger partial charge in [0.1, 0.15) is 12.4 Å². The van der Waals surface area contributed by atoms with Gasteiger partial charge in [-0.15, -0.1) is 0 Å². The first-order valence-corrected chi connectivity index (χ1v) is 11.8. The number of cyclic esters (lactones) is 1. The summed E-state index contributed by atoms with van der Waals surface area (Å²) >= 11 is 6.05. The number of pyridine rings is 2. The fraction of sp³-hybridized carbons (Fsp3) is 0.360. The van der Waals surface area contributed by atoms with E-state index in [-0.39, 0.29) is 60.1 Å². The molecule has 1 aromatic carbocycles. The molecule has 2 atom stereocenters. The number of aromatic nitrogens is 2. The summed E-state index contributed by atoms with van der Waals surface area (Å²) in [6.07, 6.45) is -0.925. The second-order valence-electron chi connectivity index (χ2n) is 9.13. The molecule has 0 bridgehead atoms. The molecule has 188 valence electrons. The van der Waals surface area contributed by atoms with E-state index in [1.807, 2.05) is 0 Å². The van der Waals surface area contributed by atoms with Gasteiger partial charge in [-0.05, 0) is 31.0 Å². The highest BCUT2D eigenvalue weighted by atomic mass is 35.5. The molecule has 0 radical (unpaired) electrons. The number of rotatable bonds is 5. The predicted molar refractivity (Wildman–Crippen MR) is 128 cm³/mol. The smallest absolute Gasteiger partial charge is 0.343 e. The molecule has 2 aliphatic heterocycles. The minimum Gasteiger partial charge on any atom is -0.458 e. The molecule has 4 heterocycles. The quantitative estimate of drug-likeness (QED) is 0.347. The molecule has 0 spiro atoms. The van der Waals surface area contributed by atoms with Crippen LogP contribution in [0.15, 0.2) is 23.0 Å². The number of nitrogens with zero attached hydrogens (tertiary/aromatic N) is 2. The molecular weight excluding hydrogens is 493 g/mol. The predicted octanol–water partition coefficient (Wildman–Crippen LogP) is 2.26. The molecule has 3 aromatic rings. The van der Waals surface area contributed by atoms with Gasteiger partial charge in [-0.1, -0.05) is 18.5 Å². The van der Waals surface area contributed by atoms with E-state index in [4.69, 9.17) is 16.3 Å². The summed E-state index contributed by atoms with van der Waals surface area (Å²) in [5, 5.41) is 23.7. The van der Waals surface area contributed by atoms with Crippen LogP contribution in [0.25, 0.3) is 22.3 Å². The molecule has 0 fully saturated rings. The van der Waals surface area contributed by atoms with E-state index in [1.54, 1.807) is 13.0 Å². The Morgan fingerprint density at radius 2 is 2.08 bits per heavy atom. The maximum absolute atomic E-state index is 14.4. The topological polar surface area (TPSA) is 131 Å². The number of aliphatic hydroxyl groups excluding tert-OH is 1. The van der Waals surface area contributed by atoms with Crippen molar-refractivity contribution in [3.63, 3.8) is 0 Å². The van der Waals surface area contributed by atoms with Crippen molar-refractivity contribution in [3.05, 3.63) is 61.6 Å². The van der Waals surface area contributed by atoms with Crippen molar-refractivity contribution in [3.8, 4) is 11.4 Å². The fourth-order valence-corrected chi connectivity index (χ4v) is 5.05. The van der Waals surface area contributed by atoms with E-state index in [9.17, 15) is 29.0 Å². The number of aliphatic hydroxyl groups is 2. The summed E-state index contributed by atoms with van der Waals surface area (Å²) in [4.78, 5) is 42.7. The van der Waals surface area contributed by atoms with Crippen molar-refractivity contribution >= 4 is 34.4 Å². The van der Waals surface area contributed by atoms with Gasteiger partial charge in [0.15, 0.2) is 5.60 Å². The van der Waals surface area contributed by atoms with Crippen LogP contribution in [0, 0.1) is 5.82 Å². The minimum atomic E-state index is -1.97. The number of amides is 1. The zero-order valence-corrected chi connectivity index (χ0v) is 20.3. The van der Waals surface area contributed by atoms with Gasteiger partial charge in [-0.25, -0.2) is 14.2 Å². The SMILES string of the molecule is CC[C@@]1(O)C(=O)OCc2c1cc1n(c2=O)Cc2c-1nc1cc(F)c(Cl)cc1c2CNC(=O)C[C@@H](C)O.